The summed E-state index contributed by atoms with van der Waals surface area (Å²) in [6.07, 6.45) is 4.24. The smallest absolute Gasteiger partial charge is 0.131 e. The number of nitrogens with zero attached hydrogens (tertiary/aromatic N) is 4. The SMILES string of the molecule is CCCCn1c(C)nc(-c2cn(C)nc2C)c1N. The zero-order chi connectivity index (χ0) is 13.3. The van der Waals surface area contributed by atoms with Gasteiger partial charge in [0.2, 0.25) is 0 Å². The Morgan fingerprint density at radius 3 is 2.61 bits per heavy atom. The van der Waals surface area contributed by atoms with E-state index < -0.39 is 0 Å². The third-order valence-electron chi connectivity index (χ3n) is 3.20. The average Bonchev–Trinajstić information content (AvgIpc) is 2.78. The summed E-state index contributed by atoms with van der Waals surface area (Å²) in [5.41, 5.74) is 9.06. The summed E-state index contributed by atoms with van der Waals surface area (Å²) in [6.45, 7) is 7.09. The molecule has 0 spiro atoms. The van der Waals surface area contributed by atoms with Crippen molar-refractivity contribution in [1.82, 2.24) is 19.3 Å². The molecule has 18 heavy (non-hydrogen) atoms. The van der Waals surface area contributed by atoms with Gasteiger partial charge in [-0.25, -0.2) is 4.98 Å². The molecule has 0 bridgehead atoms. The van der Waals surface area contributed by atoms with E-state index in [1.807, 2.05) is 27.1 Å². The quantitative estimate of drug-likeness (QED) is 0.901. The fraction of sp³-hybridized carbons (Fsp3) is 0.538. The molecular weight excluding hydrogens is 226 g/mol. The maximum atomic E-state index is 6.22. The second-order valence-corrected chi connectivity index (χ2v) is 4.70. The van der Waals surface area contributed by atoms with E-state index in [1.165, 1.54) is 0 Å². The number of unbranched alkanes of at least 4 members (excludes halogenated alkanes) is 1. The molecule has 0 aliphatic rings. The minimum atomic E-state index is 0.747. The highest BCUT2D eigenvalue weighted by molar-refractivity contribution is 5.72. The fourth-order valence-corrected chi connectivity index (χ4v) is 2.21. The number of nitrogens with two attached hydrogens (primary N) is 1. The van der Waals surface area contributed by atoms with Crippen LogP contribution in [0, 0.1) is 13.8 Å². The predicted molar refractivity (Wildman–Crippen MR) is 73.2 cm³/mol. The Labute approximate surface area is 108 Å². The van der Waals surface area contributed by atoms with Crippen LogP contribution in [0.2, 0.25) is 0 Å². The Hall–Kier alpha value is -1.78. The fourth-order valence-electron chi connectivity index (χ4n) is 2.21. The van der Waals surface area contributed by atoms with Gasteiger partial charge in [0.25, 0.3) is 0 Å². The first-order valence-corrected chi connectivity index (χ1v) is 6.37. The van der Waals surface area contributed by atoms with E-state index >= 15 is 0 Å². The number of imidazole rings is 1. The van der Waals surface area contributed by atoms with Gasteiger partial charge in [0, 0.05) is 25.4 Å². The number of hydrogen-bond donors (Lipinski definition) is 1. The molecule has 2 N–H and O–H groups in total. The molecule has 2 aromatic heterocycles. The number of nitrogen functional groups attached to an aromatic ring is 1. The van der Waals surface area contributed by atoms with Crippen LogP contribution in [-0.4, -0.2) is 19.3 Å². The maximum Gasteiger partial charge on any atom is 0.131 e. The van der Waals surface area contributed by atoms with Gasteiger partial charge in [-0.3, -0.25) is 4.68 Å². The van der Waals surface area contributed by atoms with Crippen molar-refractivity contribution in [3.63, 3.8) is 0 Å². The molecule has 2 rings (SSSR count). The van der Waals surface area contributed by atoms with Gasteiger partial charge in [0.1, 0.15) is 17.3 Å². The van der Waals surface area contributed by atoms with E-state index in [1.54, 1.807) is 4.68 Å². The highest BCUT2D eigenvalue weighted by atomic mass is 15.3. The molecule has 0 radical (unpaired) electrons. The molecule has 5 nitrogen and oxygen atoms in total. The van der Waals surface area contributed by atoms with Gasteiger partial charge in [0.15, 0.2) is 0 Å². The summed E-state index contributed by atoms with van der Waals surface area (Å²) < 4.78 is 3.88. The van der Waals surface area contributed by atoms with Gasteiger partial charge in [0.05, 0.1) is 5.69 Å². The summed E-state index contributed by atoms with van der Waals surface area (Å²) in [4.78, 5) is 4.59. The van der Waals surface area contributed by atoms with Crippen LogP contribution in [0.4, 0.5) is 5.82 Å². The van der Waals surface area contributed by atoms with Gasteiger partial charge in [-0.2, -0.15) is 5.10 Å². The normalized spacial score (nSPS) is 11.1. The largest absolute Gasteiger partial charge is 0.383 e. The van der Waals surface area contributed by atoms with Crippen LogP contribution in [-0.2, 0) is 13.6 Å². The maximum absolute atomic E-state index is 6.22. The standard InChI is InChI=1S/C13H21N5/c1-5-6-7-18-10(3)15-12(13(18)14)11-8-17(4)16-9(11)2/h8H,5-7,14H2,1-4H3. The number of hydrogen-bond acceptors (Lipinski definition) is 3. The number of aromatic nitrogens is 4. The highest BCUT2D eigenvalue weighted by Gasteiger charge is 2.16. The lowest BCUT2D eigenvalue weighted by Gasteiger charge is -2.06. The monoisotopic (exact) mass is 247 g/mol. The van der Waals surface area contributed by atoms with Gasteiger partial charge < -0.3 is 10.3 Å². The lowest BCUT2D eigenvalue weighted by atomic mass is 10.2. The number of anilines is 1. The summed E-state index contributed by atoms with van der Waals surface area (Å²) in [5.74, 6) is 1.72. The van der Waals surface area contributed by atoms with E-state index in [4.69, 9.17) is 5.73 Å². The Kier molecular flexibility index (Phi) is 3.41. The first-order valence-electron chi connectivity index (χ1n) is 6.37. The molecule has 0 aliphatic heterocycles. The van der Waals surface area contributed by atoms with Crippen LogP contribution < -0.4 is 5.73 Å². The van der Waals surface area contributed by atoms with Gasteiger partial charge in [-0.15, -0.1) is 0 Å². The Balaban J connectivity index is 2.43. The molecular formula is C13H21N5. The molecule has 5 heteroatoms. The zero-order valence-corrected chi connectivity index (χ0v) is 11.6. The van der Waals surface area contributed by atoms with E-state index in [0.717, 1.165) is 48.0 Å². The molecule has 98 valence electrons. The van der Waals surface area contributed by atoms with E-state index in [2.05, 4.69) is 21.6 Å². The van der Waals surface area contributed by atoms with Crippen molar-refractivity contribution < 1.29 is 0 Å². The minimum Gasteiger partial charge on any atom is -0.383 e. The third-order valence-corrected chi connectivity index (χ3v) is 3.20. The third kappa shape index (κ3) is 2.12. The number of rotatable bonds is 4. The topological polar surface area (TPSA) is 61.7 Å². The van der Waals surface area contributed by atoms with Crippen LogP contribution in [0.15, 0.2) is 6.20 Å². The average molecular weight is 247 g/mol. The minimum absolute atomic E-state index is 0.747. The second kappa shape index (κ2) is 4.84. The van der Waals surface area contributed by atoms with E-state index in [9.17, 15) is 0 Å². The molecule has 0 saturated heterocycles. The zero-order valence-electron chi connectivity index (χ0n) is 11.6. The van der Waals surface area contributed by atoms with Crippen molar-refractivity contribution in [2.75, 3.05) is 5.73 Å². The first-order chi connectivity index (χ1) is 8.54. The van der Waals surface area contributed by atoms with Crippen LogP contribution in [0.1, 0.15) is 31.3 Å². The lowest BCUT2D eigenvalue weighted by Crippen LogP contribution is -2.04. The highest BCUT2D eigenvalue weighted by Crippen LogP contribution is 2.28. The van der Waals surface area contributed by atoms with Crippen molar-refractivity contribution in [3.05, 3.63) is 17.7 Å². The molecule has 0 amide bonds. The van der Waals surface area contributed by atoms with Crippen LogP contribution >= 0.6 is 0 Å². The summed E-state index contributed by atoms with van der Waals surface area (Å²) in [7, 11) is 1.91. The van der Waals surface area contributed by atoms with Crippen molar-refractivity contribution in [2.24, 2.45) is 7.05 Å². The summed E-state index contributed by atoms with van der Waals surface area (Å²) in [6, 6.07) is 0. The molecule has 0 aromatic carbocycles. The predicted octanol–water partition coefficient (Wildman–Crippen LogP) is 2.28. The van der Waals surface area contributed by atoms with Crippen molar-refractivity contribution in [2.45, 2.75) is 40.2 Å². The Morgan fingerprint density at radius 1 is 1.33 bits per heavy atom. The van der Waals surface area contributed by atoms with Crippen LogP contribution in [0.25, 0.3) is 11.3 Å². The van der Waals surface area contributed by atoms with Crippen molar-refractivity contribution in [3.8, 4) is 11.3 Å². The lowest BCUT2D eigenvalue weighted by molar-refractivity contribution is 0.622. The van der Waals surface area contributed by atoms with Crippen LogP contribution in [0.3, 0.4) is 0 Å². The second-order valence-electron chi connectivity index (χ2n) is 4.70. The van der Waals surface area contributed by atoms with Gasteiger partial charge in [-0.05, 0) is 20.3 Å². The molecule has 0 saturated carbocycles. The van der Waals surface area contributed by atoms with Crippen molar-refractivity contribution >= 4 is 5.82 Å². The molecule has 0 fully saturated rings. The van der Waals surface area contributed by atoms with E-state index in [-0.39, 0.29) is 0 Å². The van der Waals surface area contributed by atoms with Gasteiger partial charge in [-0.1, -0.05) is 13.3 Å². The van der Waals surface area contributed by atoms with Crippen LogP contribution in [0.5, 0.6) is 0 Å². The molecule has 0 aliphatic carbocycles. The molecule has 0 unspecified atom stereocenters. The van der Waals surface area contributed by atoms with Crippen molar-refractivity contribution in [1.29, 1.82) is 0 Å². The molecule has 2 aromatic rings. The van der Waals surface area contributed by atoms with E-state index in [0.29, 0.717) is 0 Å². The molecule has 2 heterocycles. The summed E-state index contributed by atoms with van der Waals surface area (Å²) >= 11 is 0. The molecule has 0 atom stereocenters. The number of aryl methyl sites for hydroxylation is 3. The summed E-state index contributed by atoms with van der Waals surface area (Å²) in [5, 5.41) is 4.34. The Morgan fingerprint density at radius 2 is 2.06 bits per heavy atom. The first kappa shape index (κ1) is 12.7. The van der Waals surface area contributed by atoms with Gasteiger partial charge >= 0.3 is 0 Å². The Bertz CT molecular complexity index is 550.